The highest BCUT2D eigenvalue weighted by Gasteiger charge is 2.15. The second-order valence-corrected chi connectivity index (χ2v) is 4.63. The first-order valence-electron chi connectivity index (χ1n) is 6.84. The van der Waals surface area contributed by atoms with Crippen molar-refractivity contribution in [2.75, 3.05) is 20.8 Å². The molecule has 1 rings (SSSR count). The van der Waals surface area contributed by atoms with Gasteiger partial charge in [0, 0.05) is 13.1 Å². The normalized spacial score (nSPS) is 11.8. The van der Waals surface area contributed by atoms with Gasteiger partial charge in [-0.25, -0.2) is 0 Å². The monoisotopic (exact) mass is 280 g/mol. The summed E-state index contributed by atoms with van der Waals surface area (Å²) in [6, 6.07) is 5.59. The number of amides is 1. The van der Waals surface area contributed by atoms with Crippen molar-refractivity contribution in [1.82, 2.24) is 5.32 Å². The number of carbonyl (C=O) groups excluding carboxylic acids is 1. The van der Waals surface area contributed by atoms with Crippen LogP contribution >= 0.6 is 0 Å². The summed E-state index contributed by atoms with van der Waals surface area (Å²) in [7, 11) is 3.18. The number of nitrogens with one attached hydrogen (secondary N) is 1. The molecule has 20 heavy (non-hydrogen) atoms. The highest BCUT2D eigenvalue weighted by Crippen LogP contribution is 2.27. The van der Waals surface area contributed by atoms with Gasteiger partial charge in [-0.1, -0.05) is 19.4 Å². The molecular formula is C15H24N2O3. The Morgan fingerprint density at radius 1 is 1.30 bits per heavy atom. The molecule has 1 aromatic rings. The first-order chi connectivity index (χ1) is 9.65. The van der Waals surface area contributed by atoms with Gasteiger partial charge in [0.25, 0.3) is 0 Å². The van der Waals surface area contributed by atoms with E-state index >= 15 is 0 Å². The topological polar surface area (TPSA) is 73.6 Å². The first-order valence-corrected chi connectivity index (χ1v) is 6.84. The van der Waals surface area contributed by atoms with Gasteiger partial charge in [0.1, 0.15) is 0 Å². The SMILES string of the molecule is CCCC(CN)C(=O)NCc1ccc(OC)c(OC)c1. The van der Waals surface area contributed by atoms with Crippen molar-refractivity contribution < 1.29 is 14.3 Å². The molecule has 0 aliphatic carbocycles. The molecule has 0 saturated carbocycles. The minimum atomic E-state index is -0.111. The summed E-state index contributed by atoms with van der Waals surface area (Å²) >= 11 is 0. The number of hydrogen-bond acceptors (Lipinski definition) is 4. The van der Waals surface area contributed by atoms with Crippen LogP contribution in [-0.2, 0) is 11.3 Å². The molecular weight excluding hydrogens is 256 g/mol. The van der Waals surface area contributed by atoms with Crippen molar-refractivity contribution in [2.24, 2.45) is 11.7 Å². The highest BCUT2D eigenvalue weighted by molar-refractivity contribution is 5.78. The van der Waals surface area contributed by atoms with E-state index in [0.29, 0.717) is 24.6 Å². The minimum Gasteiger partial charge on any atom is -0.493 e. The van der Waals surface area contributed by atoms with Crippen LogP contribution in [0, 0.1) is 5.92 Å². The van der Waals surface area contributed by atoms with Gasteiger partial charge >= 0.3 is 0 Å². The molecule has 5 nitrogen and oxygen atoms in total. The highest BCUT2D eigenvalue weighted by atomic mass is 16.5. The maximum atomic E-state index is 12.0. The molecule has 0 saturated heterocycles. The predicted octanol–water partition coefficient (Wildman–Crippen LogP) is 1.69. The van der Waals surface area contributed by atoms with Crippen LogP contribution in [0.1, 0.15) is 25.3 Å². The molecule has 0 heterocycles. The number of ether oxygens (including phenoxy) is 2. The Morgan fingerprint density at radius 2 is 2.00 bits per heavy atom. The van der Waals surface area contributed by atoms with Gasteiger partial charge in [0.2, 0.25) is 5.91 Å². The van der Waals surface area contributed by atoms with E-state index in [0.717, 1.165) is 18.4 Å². The summed E-state index contributed by atoms with van der Waals surface area (Å²) in [5.74, 6) is 1.22. The molecule has 1 unspecified atom stereocenters. The number of carbonyl (C=O) groups is 1. The van der Waals surface area contributed by atoms with Crippen molar-refractivity contribution in [2.45, 2.75) is 26.3 Å². The van der Waals surface area contributed by atoms with Gasteiger partial charge in [-0.05, 0) is 24.1 Å². The second kappa shape index (κ2) is 8.43. The lowest BCUT2D eigenvalue weighted by Gasteiger charge is -2.14. The van der Waals surface area contributed by atoms with Crippen LogP contribution in [-0.4, -0.2) is 26.7 Å². The number of rotatable bonds is 8. The van der Waals surface area contributed by atoms with E-state index < -0.39 is 0 Å². The summed E-state index contributed by atoms with van der Waals surface area (Å²) in [6.07, 6.45) is 1.76. The molecule has 1 atom stereocenters. The van der Waals surface area contributed by atoms with Gasteiger partial charge < -0.3 is 20.5 Å². The molecule has 0 aliphatic rings. The number of hydrogen-bond donors (Lipinski definition) is 2. The lowest BCUT2D eigenvalue weighted by atomic mass is 10.0. The zero-order valence-electron chi connectivity index (χ0n) is 12.4. The molecule has 1 aromatic carbocycles. The minimum absolute atomic E-state index is 0.00383. The van der Waals surface area contributed by atoms with Crippen molar-refractivity contribution in [3.8, 4) is 11.5 Å². The molecule has 0 radical (unpaired) electrons. The van der Waals surface area contributed by atoms with Crippen molar-refractivity contribution >= 4 is 5.91 Å². The van der Waals surface area contributed by atoms with Crippen LogP contribution in [0.2, 0.25) is 0 Å². The van der Waals surface area contributed by atoms with Crippen LogP contribution in [0.4, 0.5) is 0 Å². The fraction of sp³-hybridized carbons (Fsp3) is 0.533. The third-order valence-corrected chi connectivity index (χ3v) is 3.21. The van der Waals surface area contributed by atoms with Crippen LogP contribution in [0.15, 0.2) is 18.2 Å². The Labute approximate surface area is 120 Å². The summed E-state index contributed by atoms with van der Waals surface area (Å²) in [6.45, 7) is 2.88. The van der Waals surface area contributed by atoms with Gasteiger partial charge in [0.05, 0.1) is 20.1 Å². The van der Waals surface area contributed by atoms with E-state index in [1.807, 2.05) is 25.1 Å². The Balaban J connectivity index is 2.63. The summed E-state index contributed by atoms with van der Waals surface area (Å²) in [5.41, 5.74) is 6.58. The zero-order valence-corrected chi connectivity index (χ0v) is 12.4. The standard InChI is InChI=1S/C15H24N2O3/c1-4-5-12(9-16)15(18)17-10-11-6-7-13(19-2)14(8-11)20-3/h6-8,12H,4-5,9-10,16H2,1-3H3,(H,17,18). The van der Waals surface area contributed by atoms with Gasteiger partial charge in [0.15, 0.2) is 11.5 Å². The third-order valence-electron chi connectivity index (χ3n) is 3.21. The van der Waals surface area contributed by atoms with E-state index in [-0.39, 0.29) is 11.8 Å². The summed E-state index contributed by atoms with van der Waals surface area (Å²) < 4.78 is 10.4. The average molecular weight is 280 g/mol. The molecule has 0 spiro atoms. The van der Waals surface area contributed by atoms with E-state index in [1.165, 1.54) is 0 Å². The maximum absolute atomic E-state index is 12.0. The maximum Gasteiger partial charge on any atom is 0.224 e. The van der Waals surface area contributed by atoms with Gasteiger partial charge in [-0.2, -0.15) is 0 Å². The molecule has 5 heteroatoms. The van der Waals surface area contributed by atoms with Crippen LogP contribution in [0.5, 0.6) is 11.5 Å². The first kappa shape index (κ1) is 16.3. The van der Waals surface area contributed by atoms with Gasteiger partial charge in [-0.3, -0.25) is 4.79 Å². The molecule has 0 bridgehead atoms. The second-order valence-electron chi connectivity index (χ2n) is 4.63. The lowest BCUT2D eigenvalue weighted by molar-refractivity contribution is -0.125. The van der Waals surface area contributed by atoms with Gasteiger partial charge in [-0.15, -0.1) is 0 Å². The quantitative estimate of drug-likeness (QED) is 0.760. The fourth-order valence-electron chi connectivity index (χ4n) is 2.03. The van der Waals surface area contributed by atoms with Crippen LogP contribution < -0.4 is 20.5 Å². The third kappa shape index (κ3) is 4.42. The molecule has 1 amide bonds. The van der Waals surface area contributed by atoms with E-state index in [1.54, 1.807) is 14.2 Å². The Kier molecular flexibility index (Phi) is 6.87. The number of nitrogens with two attached hydrogens (primary N) is 1. The number of methoxy groups -OCH3 is 2. The van der Waals surface area contributed by atoms with Crippen LogP contribution in [0.25, 0.3) is 0 Å². The average Bonchev–Trinajstić information content (AvgIpc) is 2.49. The van der Waals surface area contributed by atoms with Crippen molar-refractivity contribution in [1.29, 1.82) is 0 Å². The molecule has 0 aliphatic heterocycles. The smallest absolute Gasteiger partial charge is 0.224 e. The predicted molar refractivity (Wildman–Crippen MR) is 78.8 cm³/mol. The van der Waals surface area contributed by atoms with E-state index in [2.05, 4.69) is 5.32 Å². The van der Waals surface area contributed by atoms with Crippen molar-refractivity contribution in [3.05, 3.63) is 23.8 Å². The van der Waals surface area contributed by atoms with Crippen LogP contribution in [0.3, 0.4) is 0 Å². The summed E-state index contributed by atoms with van der Waals surface area (Å²) in [4.78, 5) is 12.0. The fourth-order valence-corrected chi connectivity index (χ4v) is 2.03. The Morgan fingerprint density at radius 3 is 2.55 bits per heavy atom. The summed E-state index contributed by atoms with van der Waals surface area (Å²) in [5, 5.41) is 2.91. The molecule has 0 aromatic heterocycles. The zero-order chi connectivity index (χ0) is 15.0. The molecule has 3 N–H and O–H groups in total. The van der Waals surface area contributed by atoms with Crippen molar-refractivity contribution in [3.63, 3.8) is 0 Å². The lowest BCUT2D eigenvalue weighted by Crippen LogP contribution is -2.34. The Hall–Kier alpha value is -1.75. The Bertz CT molecular complexity index is 435. The molecule has 112 valence electrons. The largest absolute Gasteiger partial charge is 0.493 e. The van der Waals surface area contributed by atoms with E-state index in [9.17, 15) is 4.79 Å². The number of benzene rings is 1. The van der Waals surface area contributed by atoms with E-state index in [4.69, 9.17) is 15.2 Å². The molecule has 0 fully saturated rings.